The van der Waals surface area contributed by atoms with Crippen molar-refractivity contribution in [2.75, 3.05) is 32.8 Å². The maximum Gasteiger partial charge on any atom is 0.253 e. The molecule has 0 bridgehead atoms. The van der Waals surface area contributed by atoms with Crippen molar-refractivity contribution in [3.8, 4) is 0 Å². The highest BCUT2D eigenvalue weighted by atomic mass is 16.5. The van der Waals surface area contributed by atoms with Crippen molar-refractivity contribution < 1.29 is 9.53 Å². The lowest BCUT2D eigenvalue weighted by molar-refractivity contribution is -0.145. The molecular formula is C16H27N3O2. The van der Waals surface area contributed by atoms with Crippen molar-refractivity contribution in [2.24, 2.45) is 10.9 Å². The van der Waals surface area contributed by atoms with Crippen molar-refractivity contribution in [3.63, 3.8) is 0 Å². The Hall–Kier alpha value is -1.20. The van der Waals surface area contributed by atoms with E-state index in [1.54, 1.807) is 0 Å². The Balaban J connectivity index is 2.01. The van der Waals surface area contributed by atoms with Gasteiger partial charge in [-0.3, -0.25) is 9.79 Å². The molecule has 0 aliphatic carbocycles. The van der Waals surface area contributed by atoms with Crippen LogP contribution in [0.5, 0.6) is 0 Å². The predicted molar refractivity (Wildman–Crippen MR) is 84.5 cm³/mol. The molecule has 0 saturated carbocycles. The summed E-state index contributed by atoms with van der Waals surface area (Å²) in [4.78, 5) is 19.1. The zero-order valence-corrected chi connectivity index (χ0v) is 13.6. The smallest absolute Gasteiger partial charge is 0.253 e. The van der Waals surface area contributed by atoms with E-state index in [2.05, 4.69) is 33.0 Å². The number of ether oxygens (including phenoxy) is 1. The van der Waals surface area contributed by atoms with Gasteiger partial charge in [-0.2, -0.15) is 0 Å². The topological polar surface area (TPSA) is 53.9 Å². The molecule has 2 aliphatic rings. The number of rotatable bonds is 3. The Bertz CT molecular complexity index is 448. The Labute approximate surface area is 127 Å². The third-order valence-corrected chi connectivity index (χ3v) is 4.20. The second-order valence-electron chi connectivity index (χ2n) is 6.21. The fourth-order valence-corrected chi connectivity index (χ4v) is 2.52. The van der Waals surface area contributed by atoms with Crippen LogP contribution in [0.3, 0.4) is 0 Å². The second kappa shape index (κ2) is 7.18. The van der Waals surface area contributed by atoms with Gasteiger partial charge in [-0.25, -0.2) is 0 Å². The lowest BCUT2D eigenvalue weighted by Gasteiger charge is -2.33. The standard InChI is InChI=1S/C16H27N3O2/c1-11(2)13(4)18-14-5-7-19(10-12(14)3)16(20)15-9-17-6-8-21-15/h11,15,17H,5-10H2,1-4H3. The van der Waals surface area contributed by atoms with E-state index in [9.17, 15) is 4.79 Å². The minimum Gasteiger partial charge on any atom is -0.366 e. The van der Waals surface area contributed by atoms with Crippen LogP contribution < -0.4 is 5.32 Å². The zero-order valence-electron chi connectivity index (χ0n) is 13.6. The summed E-state index contributed by atoms with van der Waals surface area (Å²) in [5.74, 6) is 0.567. The monoisotopic (exact) mass is 293 g/mol. The summed E-state index contributed by atoms with van der Waals surface area (Å²) >= 11 is 0. The first kappa shape index (κ1) is 16.2. The first-order valence-electron chi connectivity index (χ1n) is 7.84. The fourth-order valence-electron chi connectivity index (χ4n) is 2.52. The molecule has 1 saturated heterocycles. The molecule has 0 aromatic heterocycles. The van der Waals surface area contributed by atoms with Crippen LogP contribution in [-0.4, -0.2) is 55.4 Å². The molecular weight excluding hydrogens is 266 g/mol. The van der Waals surface area contributed by atoms with Crippen LogP contribution in [0.1, 0.15) is 34.1 Å². The minimum atomic E-state index is -0.325. The molecule has 1 unspecified atom stereocenters. The molecule has 2 aliphatic heterocycles. The lowest BCUT2D eigenvalue weighted by atomic mass is 10.1. The molecule has 5 nitrogen and oxygen atoms in total. The van der Waals surface area contributed by atoms with Gasteiger partial charge in [0, 0.05) is 44.0 Å². The first-order valence-corrected chi connectivity index (χ1v) is 7.84. The van der Waals surface area contributed by atoms with Crippen LogP contribution in [0.25, 0.3) is 0 Å². The van der Waals surface area contributed by atoms with Crippen LogP contribution in [0.15, 0.2) is 16.3 Å². The number of nitrogens with zero attached hydrogens (tertiary/aromatic N) is 2. The summed E-state index contributed by atoms with van der Waals surface area (Å²) in [5.41, 5.74) is 3.50. The molecule has 118 valence electrons. The van der Waals surface area contributed by atoms with Gasteiger partial charge >= 0.3 is 0 Å². The summed E-state index contributed by atoms with van der Waals surface area (Å²) in [5, 5.41) is 3.21. The summed E-state index contributed by atoms with van der Waals surface area (Å²) in [6.07, 6.45) is 0.510. The maximum absolute atomic E-state index is 12.4. The Morgan fingerprint density at radius 3 is 2.81 bits per heavy atom. The third-order valence-electron chi connectivity index (χ3n) is 4.20. The van der Waals surface area contributed by atoms with E-state index in [0.29, 0.717) is 25.6 Å². The molecule has 0 aromatic carbocycles. The molecule has 2 heterocycles. The number of carbonyl (C=O) groups excluding carboxylic acids is 1. The highest BCUT2D eigenvalue weighted by molar-refractivity contribution is 5.85. The molecule has 5 heteroatoms. The molecule has 0 aromatic rings. The van der Waals surface area contributed by atoms with E-state index in [1.165, 1.54) is 5.57 Å². The molecule has 1 N–H and O–H groups in total. The average molecular weight is 293 g/mol. The van der Waals surface area contributed by atoms with Gasteiger partial charge in [-0.15, -0.1) is 0 Å². The molecule has 0 radical (unpaired) electrons. The van der Waals surface area contributed by atoms with E-state index < -0.39 is 0 Å². The minimum absolute atomic E-state index is 0.102. The average Bonchev–Trinajstić information content (AvgIpc) is 2.49. The fraction of sp³-hybridized carbons (Fsp3) is 0.750. The Morgan fingerprint density at radius 1 is 1.48 bits per heavy atom. The van der Waals surface area contributed by atoms with Gasteiger partial charge < -0.3 is 15.0 Å². The number of nitrogens with one attached hydrogen (secondary N) is 1. The second-order valence-corrected chi connectivity index (χ2v) is 6.21. The van der Waals surface area contributed by atoms with Gasteiger partial charge in [0.05, 0.1) is 6.61 Å². The van der Waals surface area contributed by atoms with Crippen molar-refractivity contribution in [1.29, 1.82) is 0 Å². The largest absolute Gasteiger partial charge is 0.366 e. The summed E-state index contributed by atoms with van der Waals surface area (Å²) in [6.45, 7) is 11.9. The van der Waals surface area contributed by atoms with Gasteiger partial charge in [0.2, 0.25) is 0 Å². The summed E-state index contributed by atoms with van der Waals surface area (Å²) in [6, 6.07) is 0. The number of carbonyl (C=O) groups is 1. The van der Waals surface area contributed by atoms with Gasteiger partial charge in [0.25, 0.3) is 5.91 Å². The van der Waals surface area contributed by atoms with Gasteiger partial charge in [0.15, 0.2) is 0 Å². The number of aliphatic imine (C=N–C) groups is 1. The summed E-state index contributed by atoms with van der Waals surface area (Å²) < 4.78 is 5.55. The summed E-state index contributed by atoms with van der Waals surface area (Å²) in [7, 11) is 0. The van der Waals surface area contributed by atoms with Crippen LogP contribution in [0.4, 0.5) is 0 Å². The predicted octanol–water partition coefficient (Wildman–Crippen LogP) is 1.60. The zero-order chi connectivity index (χ0) is 15.4. The van der Waals surface area contributed by atoms with Gasteiger partial charge in [-0.05, 0) is 25.3 Å². The van der Waals surface area contributed by atoms with Crippen molar-refractivity contribution in [3.05, 3.63) is 11.3 Å². The van der Waals surface area contributed by atoms with Crippen LogP contribution >= 0.6 is 0 Å². The van der Waals surface area contributed by atoms with Crippen LogP contribution in [0.2, 0.25) is 0 Å². The number of morpholine rings is 1. The van der Waals surface area contributed by atoms with E-state index in [4.69, 9.17) is 9.73 Å². The Morgan fingerprint density at radius 2 is 2.24 bits per heavy atom. The van der Waals surface area contributed by atoms with Crippen molar-refractivity contribution >= 4 is 11.6 Å². The maximum atomic E-state index is 12.4. The van der Waals surface area contributed by atoms with Gasteiger partial charge in [-0.1, -0.05) is 13.8 Å². The number of hydrogen-bond acceptors (Lipinski definition) is 4. The SMILES string of the molecule is CC(=NC1=C(C)CN(C(=O)C2CNCCO2)CC1)C(C)C. The molecule has 21 heavy (non-hydrogen) atoms. The van der Waals surface area contributed by atoms with E-state index in [0.717, 1.165) is 30.9 Å². The number of amides is 1. The van der Waals surface area contributed by atoms with Crippen molar-refractivity contribution in [1.82, 2.24) is 10.2 Å². The molecule has 1 fully saturated rings. The normalized spacial score (nSPS) is 24.7. The highest BCUT2D eigenvalue weighted by Gasteiger charge is 2.29. The molecule has 1 amide bonds. The molecule has 2 rings (SSSR count). The van der Waals surface area contributed by atoms with E-state index >= 15 is 0 Å². The van der Waals surface area contributed by atoms with Crippen LogP contribution in [0, 0.1) is 5.92 Å². The highest BCUT2D eigenvalue weighted by Crippen LogP contribution is 2.21. The Kier molecular flexibility index (Phi) is 5.53. The molecule has 0 spiro atoms. The lowest BCUT2D eigenvalue weighted by Crippen LogP contribution is -2.50. The van der Waals surface area contributed by atoms with Crippen molar-refractivity contribution in [2.45, 2.75) is 40.2 Å². The van der Waals surface area contributed by atoms with E-state index in [-0.39, 0.29) is 12.0 Å². The van der Waals surface area contributed by atoms with E-state index in [1.807, 2.05) is 4.90 Å². The van der Waals surface area contributed by atoms with Gasteiger partial charge in [0.1, 0.15) is 6.10 Å². The third kappa shape index (κ3) is 4.14. The van der Waals surface area contributed by atoms with Crippen LogP contribution in [-0.2, 0) is 9.53 Å². The quantitative estimate of drug-likeness (QED) is 0.804. The first-order chi connectivity index (χ1) is 9.99. The number of hydrogen-bond donors (Lipinski definition) is 1. The molecule has 1 atom stereocenters.